The quantitative estimate of drug-likeness (QED) is 0.668. The molecule has 1 saturated heterocycles. The van der Waals surface area contributed by atoms with Crippen molar-refractivity contribution in [3.8, 4) is 0 Å². The van der Waals surface area contributed by atoms with E-state index in [0.29, 0.717) is 28.0 Å². The summed E-state index contributed by atoms with van der Waals surface area (Å²) in [6.45, 7) is 3.02. The van der Waals surface area contributed by atoms with Crippen LogP contribution in [-0.4, -0.2) is 36.1 Å². The molecule has 29 heavy (non-hydrogen) atoms. The lowest BCUT2D eigenvalue weighted by molar-refractivity contribution is 0.509. The van der Waals surface area contributed by atoms with Crippen LogP contribution in [0.4, 0.5) is 37.5 Å². The zero-order valence-electron chi connectivity index (χ0n) is 15.4. The monoisotopic (exact) mass is 416 g/mol. The summed E-state index contributed by atoms with van der Waals surface area (Å²) in [6, 6.07) is 11.3. The predicted octanol–water partition coefficient (Wildman–Crippen LogP) is 4.06. The van der Waals surface area contributed by atoms with Gasteiger partial charge < -0.3 is 20.9 Å². The normalized spacial score (nSPS) is 14.2. The summed E-state index contributed by atoms with van der Waals surface area (Å²) in [5, 5.41) is 3.63. The zero-order chi connectivity index (χ0) is 20.4. The fourth-order valence-electron chi connectivity index (χ4n) is 3.30. The number of nitrogens with one attached hydrogen (secondary N) is 1. The molecule has 1 aliphatic heterocycles. The van der Waals surface area contributed by atoms with Crippen LogP contribution >= 0.6 is 11.6 Å². The molecule has 0 atom stereocenters. The van der Waals surface area contributed by atoms with Crippen LogP contribution in [0, 0.1) is 11.6 Å². The van der Waals surface area contributed by atoms with Crippen molar-refractivity contribution in [2.45, 2.75) is 0 Å². The molecule has 0 aliphatic carbocycles. The van der Waals surface area contributed by atoms with E-state index in [4.69, 9.17) is 17.3 Å². The van der Waals surface area contributed by atoms with Crippen molar-refractivity contribution < 1.29 is 8.78 Å². The van der Waals surface area contributed by atoms with Crippen molar-refractivity contribution in [1.29, 1.82) is 0 Å². The SMILES string of the molecule is Nc1c(Nc2ccc(F)c(F)c2)ncnc1N1CCN(c2cccc(Cl)c2)CC1. The molecule has 1 fully saturated rings. The van der Waals surface area contributed by atoms with Crippen LogP contribution in [-0.2, 0) is 0 Å². The average molecular weight is 417 g/mol. The minimum atomic E-state index is -0.944. The van der Waals surface area contributed by atoms with Crippen molar-refractivity contribution in [1.82, 2.24) is 9.97 Å². The number of rotatable bonds is 4. The summed E-state index contributed by atoms with van der Waals surface area (Å²) in [5.74, 6) is -0.904. The molecule has 0 radical (unpaired) electrons. The Labute approximate surface area is 171 Å². The van der Waals surface area contributed by atoms with Crippen LogP contribution in [0.25, 0.3) is 0 Å². The first kappa shape index (κ1) is 19.2. The van der Waals surface area contributed by atoms with Gasteiger partial charge in [0.15, 0.2) is 23.3 Å². The third-order valence-electron chi connectivity index (χ3n) is 4.80. The van der Waals surface area contributed by atoms with Gasteiger partial charge >= 0.3 is 0 Å². The number of nitrogen functional groups attached to an aromatic ring is 1. The predicted molar refractivity (Wildman–Crippen MR) is 112 cm³/mol. The minimum Gasteiger partial charge on any atom is -0.393 e. The minimum absolute atomic E-state index is 0.346. The van der Waals surface area contributed by atoms with Gasteiger partial charge in [0.2, 0.25) is 0 Å². The Balaban J connectivity index is 1.48. The number of benzene rings is 2. The molecule has 0 saturated carbocycles. The molecular weight excluding hydrogens is 398 g/mol. The Morgan fingerprint density at radius 3 is 2.41 bits per heavy atom. The Morgan fingerprint density at radius 1 is 0.931 bits per heavy atom. The maximum Gasteiger partial charge on any atom is 0.160 e. The molecule has 3 N–H and O–H groups in total. The van der Waals surface area contributed by atoms with Gasteiger partial charge in [-0.2, -0.15) is 0 Å². The molecule has 9 heteroatoms. The highest BCUT2D eigenvalue weighted by Crippen LogP contribution is 2.30. The third kappa shape index (κ3) is 4.17. The van der Waals surface area contributed by atoms with Gasteiger partial charge in [-0.3, -0.25) is 0 Å². The van der Waals surface area contributed by atoms with Gasteiger partial charge in [-0.25, -0.2) is 18.7 Å². The lowest BCUT2D eigenvalue weighted by Gasteiger charge is -2.37. The molecule has 6 nitrogen and oxygen atoms in total. The summed E-state index contributed by atoms with van der Waals surface area (Å²) in [5.41, 5.74) is 8.05. The first-order valence-corrected chi connectivity index (χ1v) is 9.47. The molecule has 0 spiro atoms. The Kier molecular flexibility index (Phi) is 5.35. The highest BCUT2D eigenvalue weighted by molar-refractivity contribution is 6.30. The summed E-state index contributed by atoms with van der Waals surface area (Å²) in [6.07, 6.45) is 1.40. The number of nitrogens with zero attached hydrogens (tertiary/aromatic N) is 4. The first-order valence-electron chi connectivity index (χ1n) is 9.09. The van der Waals surface area contributed by atoms with Gasteiger partial charge in [0.1, 0.15) is 12.0 Å². The van der Waals surface area contributed by atoms with E-state index < -0.39 is 11.6 Å². The van der Waals surface area contributed by atoms with Gasteiger partial charge in [0.25, 0.3) is 0 Å². The van der Waals surface area contributed by atoms with Crippen molar-refractivity contribution in [3.05, 3.63) is 65.4 Å². The molecule has 150 valence electrons. The Bertz CT molecular complexity index is 1020. The van der Waals surface area contributed by atoms with Crippen LogP contribution < -0.4 is 20.9 Å². The zero-order valence-corrected chi connectivity index (χ0v) is 16.2. The molecule has 1 aromatic heterocycles. The molecule has 2 aromatic carbocycles. The van der Waals surface area contributed by atoms with Crippen molar-refractivity contribution in [2.24, 2.45) is 0 Å². The highest BCUT2D eigenvalue weighted by atomic mass is 35.5. The van der Waals surface area contributed by atoms with Gasteiger partial charge in [0, 0.05) is 48.6 Å². The first-order chi connectivity index (χ1) is 14.0. The van der Waals surface area contributed by atoms with E-state index in [1.54, 1.807) is 0 Å². The Hall–Kier alpha value is -3.13. The van der Waals surface area contributed by atoms with Crippen LogP contribution in [0.3, 0.4) is 0 Å². The second-order valence-electron chi connectivity index (χ2n) is 6.67. The molecular formula is C20H19ClF2N6. The largest absolute Gasteiger partial charge is 0.393 e. The van der Waals surface area contributed by atoms with E-state index in [0.717, 1.165) is 44.0 Å². The number of halogens is 3. The summed E-state index contributed by atoms with van der Waals surface area (Å²) >= 11 is 6.09. The van der Waals surface area contributed by atoms with Gasteiger partial charge in [-0.05, 0) is 30.3 Å². The molecule has 4 rings (SSSR count). The van der Waals surface area contributed by atoms with E-state index in [1.165, 1.54) is 12.4 Å². The lowest BCUT2D eigenvalue weighted by atomic mass is 10.2. The van der Waals surface area contributed by atoms with Crippen molar-refractivity contribution in [2.75, 3.05) is 47.0 Å². The third-order valence-corrected chi connectivity index (χ3v) is 5.03. The smallest absolute Gasteiger partial charge is 0.160 e. The van der Waals surface area contributed by atoms with Crippen LogP contribution in [0.2, 0.25) is 5.02 Å². The number of hydrogen-bond donors (Lipinski definition) is 2. The van der Waals surface area contributed by atoms with E-state index in [2.05, 4.69) is 25.1 Å². The number of piperazine rings is 1. The second kappa shape index (κ2) is 8.08. The number of anilines is 5. The molecule has 0 unspecified atom stereocenters. The summed E-state index contributed by atoms with van der Waals surface area (Å²) in [4.78, 5) is 12.8. The number of aromatic nitrogens is 2. The molecule has 0 bridgehead atoms. The highest BCUT2D eigenvalue weighted by Gasteiger charge is 2.22. The second-order valence-corrected chi connectivity index (χ2v) is 7.10. The van der Waals surface area contributed by atoms with E-state index in [9.17, 15) is 8.78 Å². The maximum absolute atomic E-state index is 13.5. The topological polar surface area (TPSA) is 70.3 Å². The molecule has 1 aliphatic rings. The summed E-state index contributed by atoms with van der Waals surface area (Å²) < 4.78 is 26.6. The maximum atomic E-state index is 13.5. The van der Waals surface area contributed by atoms with Crippen LogP contribution in [0.1, 0.15) is 0 Å². The van der Waals surface area contributed by atoms with Crippen LogP contribution in [0.5, 0.6) is 0 Å². The van der Waals surface area contributed by atoms with E-state index in [1.807, 2.05) is 24.3 Å². The Morgan fingerprint density at radius 2 is 1.69 bits per heavy atom. The fourth-order valence-corrected chi connectivity index (χ4v) is 3.48. The number of hydrogen-bond acceptors (Lipinski definition) is 6. The van der Waals surface area contributed by atoms with Crippen molar-refractivity contribution >= 4 is 40.3 Å². The number of nitrogens with two attached hydrogens (primary N) is 1. The van der Waals surface area contributed by atoms with Gasteiger partial charge in [0.05, 0.1) is 0 Å². The van der Waals surface area contributed by atoms with Gasteiger partial charge in [-0.15, -0.1) is 0 Å². The average Bonchev–Trinajstić information content (AvgIpc) is 2.72. The van der Waals surface area contributed by atoms with E-state index in [-0.39, 0.29) is 0 Å². The van der Waals surface area contributed by atoms with Gasteiger partial charge in [-0.1, -0.05) is 17.7 Å². The van der Waals surface area contributed by atoms with Crippen LogP contribution in [0.15, 0.2) is 48.8 Å². The standard InChI is InChI=1S/C20H19ClF2N6/c21-13-2-1-3-15(10-13)28-6-8-29(9-7-28)20-18(24)19(25-12-26-20)27-14-4-5-16(22)17(23)11-14/h1-5,10-12H,6-9,24H2,(H,25,26,27). The molecule has 2 heterocycles. The van der Waals surface area contributed by atoms with E-state index >= 15 is 0 Å². The molecule has 0 amide bonds. The lowest BCUT2D eigenvalue weighted by Crippen LogP contribution is -2.47. The van der Waals surface area contributed by atoms with Crippen molar-refractivity contribution in [3.63, 3.8) is 0 Å². The molecule has 3 aromatic rings. The fraction of sp³-hybridized carbons (Fsp3) is 0.200. The summed E-state index contributed by atoms with van der Waals surface area (Å²) in [7, 11) is 0.